The summed E-state index contributed by atoms with van der Waals surface area (Å²) in [7, 11) is 0. The Hall–Kier alpha value is -3.81. The van der Waals surface area contributed by atoms with E-state index in [1.165, 1.54) is 0 Å². The summed E-state index contributed by atoms with van der Waals surface area (Å²) in [4.78, 5) is 28.5. The quantitative estimate of drug-likeness (QED) is 0.679. The molecule has 142 valence electrons. The number of carbonyl (C=O) groups is 2. The molecule has 2 aromatic carbocycles. The number of nitrogens with zero attached hydrogens (tertiary/aromatic N) is 1. The number of amides is 1. The summed E-state index contributed by atoms with van der Waals surface area (Å²) in [6.45, 7) is 1.30. The molecule has 0 unspecified atom stereocenters. The van der Waals surface area contributed by atoms with Gasteiger partial charge in [0, 0.05) is 17.3 Å². The summed E-state index contributed by atoms with van der Waals surface area (Å²) >= 11 is 0. The molecule has 0 aliphatic carbocycles. The molecule has 0 saturated heterocycles. The van der Waals surface area contributed by atoms with E-state index in [-0.39, 0.29) is 12.5 Å². The number of carbonyl (C=O) groups excluding carboxylic acids is 2. The summed E-state index contributed by atoms with van der Waals surface area (Å²) in [5.41, 5.74) is 1.29. The minimum Gasteiger partial charge on any atom is -0.454 e. The summed E-state index contributed by atoms with van der Waals surface area (Å²) in [5.74, 6) is 0.567. The SMILES string of the molecule is Cc1oc(-c2ccccc2)nc1C(=O)OCC(=O)Nc1ccc2c(c1)OCO2. The lowest BCUT2D eigenvalue weighted by Gasteiger charge is -2.06. The lowest BCUT2D eigenvalue weighted by atomic mass is 10.2. The number of esters is 1. The zero-order valence-corrected chi connectivity index (χ0v) is 14.9. The van der Waals surface area contributed by atoms with Crippen molar-refractivity contribution < 1.29 is 28.2 Å². The van der Waals surface area contributed by atoms with Crippen molar-refractivity contribution >= 4 is 17.6 Å². The molecule has 4 rings (SSSR count). The molecule has 1 N–H and O–H groups in total. The van der Waals surface area contributed by atoms with Crippen LogP contribution < -0.4 is 14.8 Å². The van der Waals surface area contributed by atoms with E-state index in [2.05, 4.69) is 10.3 Å². The molecule has 1 aliphatic heterocycles. The maximum absolute atomic E-state index is 12.3. The smallest absolute Gasteiger partial charge is 0.361 e. The molecule has 8 nitrogen and oxygen atoms in total. The summed E-state index contributed by atoms with van der Waals surface area (Å²) in [6, 6.07) is 14.2. The van der Waals surface area contributed by atoms with Gasteiger partial charge in [0.1, 0.15) is 5.76 Å². The van der Waals surface area contributed by atoms with Crippen molar-refractivity contribution in [1.29, 1.82) is 0 Å². The number of hydrogen-bond donors (Lipinski definition) is 1. The van der Waals surface area contributed by atoms with Crippen LogP contribution in [0.1, 0.15) is 16.2 Å². The van der Waals surface area contributed by atoms with Gasteiger partial charge in [0.15, 0.2) is 23.8 Å². The van der Waals surface area contributed by atoms with E-state index < -0.39 is 18.5 Å². The molecule has 1 aromatic heterocycles. The number of aromatic nitrogens is 1. The van der Waals surface area contributed by atoms with Gasteiger partial charge in [0.05, 0.1) is 0 Å². The predicted molar refractivity (Wildman–Crippen MR) is 98.2 cm³/mol. The van der Waals surface area contributed by atoms with Gasteiger partial charge in [0.2, 0.25) is 12.7 Å². The molecule has 1 amide bonds. The normalized spacial score (nSPS) is 11.9. The number of benzene rings is 2. The molecule has 28 heavy (non-hydrogen) atoms. The van der Waals surface area contributed by atoms with Crippen LogP contribution in [0.3, 0.4) is 0 Å². The first-order valence-corrected chi connectivity index (χ1v) is 8.49. The van der Waals surface area contributed by atoms with Crippen LogP contribution in [0.4, 0.5) is 5.69 Å². The van der Waals surface area contributed by atoms with Crippen LogP contribution in [-0.4, -0.2) is 30.3 Å². The van der Waals surface area contributed by atoms with Crippen molar-refractivity contribution in [2.75, 3.05) is 18.7 Å². The van der Waals surface area contributed by atoms with Crippen LogP contribution in [0.5, 0.6) is 11.5 Å². The van der Waals surface area contributed by atoms with E-state index in [1.807, 2.05) is 30.3 Å². The van der Waals surface area contributed by atoms with Crippen molar-refractivity contribution in [3.05, 3.63) is 60.0 Å². The molecule has 1 aliphatic rings. The first kappa shape index (κ1) is 17.6. The molecule has 0 radical (unpaired) electrons. The minimum absolute atomic E-state index is 0.0368. The number of ether oxygens (including phenoxy) is 3. The summed E-state index contributed by atoms with van der Waals surface area (Å²) in [6.07, 6.45) is 0. The van der Waals surface area contributed by atoms with E-state index in [0.717, 1.165) is 5.56 Å². The third-order valence-corrected chi connectivity index (χ3v) is 4.00. The number of anilines is 1. The average Bonchev–Trinajstić information content (AvgIpc) is 3.33. The van der Waals surface area contributed by atoms with Crippen molar-refractivity contribution in [1.82, 2.24) is 4.98 Å². The van der Waals surface area contributed by atoms with Crippen LogP contribution >= 0.6 is 0 Å². The van der Waals surface area contributed by atoms with Crippen LogP contribution in [0, 0.1) is 6.92 Å². The first-order chi connectivity index (χ1) is 13.6. The van der Waals surface area contributed by atoms with E-state index in [0.29, 0.717) is 28.8 Å². The topological polar surface area (TPSA) is 99.9 Å². The van der Waals surface area contributed by atoms with Gasteiger partial charge in [0.25, 0.3) is 5.91 Å². The Morgan fingerprint density at radius 3 is 2.71 bits per heavy atom. The average molecular weight is 380 g/mol. The standard InChI is InChI=1S/C20H16N2O6/c1-12-18(22-19(28-12)13-5-3-2-4-6-13)20(24)25-10-17(23)21-14-7-8-15-16(9-14)27-11-26-15/h2-9H,10-11H2,1H3,(H,21,23). The third-order valence-electron chi connectivity index (χ3n) is 4.00. The molecular formula is C20H16N2O6. The summed E-state index contributed by atoms with van der Waals surface area (Å²) in [5, 5.41) is 2.63. The first-order valence-electron chi connectivity index (χ1n) is 8.49. The fraction of sp³-hybridized carbons (Fsp3) is 0.150. The second-order valence-electron chi connectivity index (χ2n) is 5.98. The Kier molecular flexibility index (Phi) is 4.67. The zero-order chi connectivity index (χ0) is 19.5. The van der Waals surface area contributed by atoms with Gasteiger partial charge in [-0.25, -0.2) is 9.78 Å². The zero-order valence-electron chi connectivity index (χ0n) is 14.9. The van der Waals surface area contributed by atoms with Crippen LogP contribution in [0.15, 0.2) is 52.9 Å². The number of rotatable bonds is 5. The Morgan fingerprint density at radius 1 is 1.11 bits per heavy atom. The number of oxazole rings is 1. The van der Waals surface area contributed by atoms with Gasteiger partial charge >= 0.3 is 5.97 Å². The highest BCUT2D eigenvalue weighted by Crippen LogP contribution is 2.34. The van der Waals surface area contributed by atoms with E-state index in [9.17, 15) is 9.59 Å². The lowest BCUT2D eigenvalue weighted by molar-refractivity contribution is -0.119. The Balaban J connectivity index is 1.36. The highest BCUT2D eigenvalue weighted by atomic mass is 16.7. The molecule has 2 heterocycles. The van der Waals surface area contributed by atoms with E-state index in [4.69, 9.17) is 18.6 Å². The minimum atomic E-state index is -0.732. The highest BCUT2D eigenvalue weighted by Gasteiger charge is 2.21. The molecule has 8 heteroatoms. The molecular weight excluding hydrogens is 364 g/mol. The Bertz CT molecular complexity index is 1030. The van der Waals surface area contributed by atoms with Crippen LogP contribution in [0.25, 0.3) is 11.5 Å². The van der Waals surface area contributed by atoms with Crippen LogP contribution in [0.2, 0.25) is 0 Å². The van der Waals surface area contributed by atoms with Crippen molar-refractivity contribution in [3.8, 4) is 23.0 Å². The van der Waals surface area contributed by atoms with Gasteiger partial charge in [-0.3, -0.25) is 4.79 Å². The third kappa shape index (κ3) is 3.66. The predicted octanol–water partition coefficient (Wildman–Crippen LogP) is 3.17. The largest absolute Gasteiger partial charge is 0.454 e. The number of aryl methyl sites for hydroxylation is 1. The second kappa shape index (κ2) is 7.43. The van der Waals surface area contributed by atoms with Gasteiger partial charge in [-0.15, -0.1) is 0 Å². The second-order valence-corrected chi connectivity index (χ2v) is 5.98. The number of nitrogens with one attached hydrogen (secondary N) is 1. The van der Waals surface area contributed by atoms with Crippen LogP contribution in [-0.2, 0) is 9.53 Å². The van der Waals surface area contributed by atoms with Crippen molar-refractivity contribution in [2.45, 2.75) is 6.92 Å². The van der Waals surface area contributed by atoms with E-state index in [1.54, 1.807) is 25.1 Å². The van der Waals surface area contributed by atoms with E-state index >= 15 is 0 Å². The number of hydrogen-bond acceptors (Lipinski definition) is 7. The Labute approximate surface area is 160 Å². The molecule has 0 atom stereocenters. The molecule has 0 bridgehead atoms. The van der Waals surface area contributed by atoms with Gasteiger partial charge in [-0.2, -0.15) is 0 Å². The van der Waals surface area contributed by atoms with Gasteiger partial charge < -0.3 is 23.9 Å². The fourth-order valence-corrected chi connectivity index (χ4v) is 2.66. The molecule has 0 fully saturated rings. The van der Waals surface area contributed by atoms with Gasteiger partial charge in [-0.05, 0) is 31.2 Å². The lowest BCUT2D eigenvalue weighted by Crippen LogP contribution is -2.21. The molecule has 3 aromatic rings. The maximum atomic E-state index is 12.3. The molecule has 0 spiro atoms. The monoisotopic (exact) mass is 380 g/mol. The van der Waals surface area contributed by atoms with Gasteiger partial charge in [-0.1, -0.05) is 18.2 Å². The number of fused-ring (bicyclic) bond motifs is 1. The maximum Gasteiger partial charge on any atom is 0.361 e. The fourth-order valence-electron chi connectivity index (χ4n) is 2.66. The van der Waals surface area contributed by atoms with Crippen molar-refractivity contribution in [3.63, 3.8) is 0 Å². The highest BCUT2D eigenvalue weighted by molar-refractivity contribution is 5.95. The Morgan fingerprint density at radius 2 is 1.89 bits per heavy atom. The molecule has 0 saturated carbocycles. The van der Waals surface area contributed by atoms with Crippen molar-refractivity contribution in [2.24, 2.45) is 0 Å². The summed E-state index contributed by atoms with van der Waals surface area (Å²) < 4.78 is 21.0.